The summed E-state index contributed by atoms with van der Waals surface area (Å²) in [5.74, 6) is 0.0207. The molecule has 2 fully saturated rings. The second kappa shape index (κ2) is 5.92. The van der Waals surface area contributed by atoms with E-state index in [2.05, 4.69) is 0 Å². The highest BCUT2D eigenvalue weighted by molar-refractivity contribution is 5.96. The zero-order valence-corrected chi connectivity index (χ0v) is 12.9. The largest absolute Gasteiger partial charge is 0.489 e. The van der Waals surface area contributed by atoms with Crippen LogP contribution in [0.15, 0.2) is 24.3 Å². The fourth-order valence-corrected chi connectivity index (χ4v) is 3.06. The van der Waals surface area contributed by atoms with Crippen molar-refractivity contribution in [2.24, 2.45) is 0 Å². The van der Waals surface area contributed by atoms with E-state index in [0.717, 1.165) is 6.42 Å². The fraction of sp³-hybridized carbons (Fsp3) is 0.471. The van der Waals surface area contributed by atoms with Crippen LogP contribution < -0.4 is 4.74 Å². The summed E-state index contributed by atoms with van der Waals surface area (Å²) < 4.78 is 11.2. The number of cyclic esters (lactones) is 1. The topological polar surface area (TPSA) is 79.6 Å². The van der Waals surface area contributed by atoms with E-state index in [-0.39, 0.29) is 18.5 Å². The number of esters is 1. The molecule has 2 heterocycles. The van der Waals surface area contributed by atoms with E-state index < -0.39 is 11.6 Å². The molecule has 1 aromatic rings. The summed E-state index contributed by atoms with van der Waals surface area (Å²) in [5.41, 5.74) is -0.728. The van der Waals surface area contributed by atoms with Crippen LogP contribution in [-0.4, -0.2) is 41.6 Å². The number of nitrogens with zero attached hydrogens (tertiary/aromatic N) is 2. The molecule has 6 nitrogen and oxygen atoms in total. The number of fused-ring (bicyclic) bond motifs is 1. The maximum atomic E-state index is 12.8. The number of rotatable bonds is 4. The molecule has 0 unspecified atom stereocenters. The molecule has 2 saturated heterocycles. The molecule has 1 amide bonds. The molecule has 2 aliphatic heterocycles. The number of nitriles is 1. The zero-order chi connectivity index (χ0) is 16.4. The van der Waals surface area contributed by atoms with Gasteiger partial charge in [0.25, 0.3) is 5.91 Å². The van der Waals surface area contributed by atoms with Gasteiger partial charge in [-0.2, -0.15) is 5.26 Å². The lowest BCUT2D eigenvalue weighted by atomic mass is 9.96. The van der Waals surface area contributed by atoms with E-state index in [1.165, 1.54) is 0 Å². The average Bonchev–Trinajstić information content (AvgIpc) is 3.08. The van der Waals surface area contributed by atoms with Crippen LogP contribution in [0.3, 0.4) is 0 Å². The number of hydrogen-bond acceptors (Lipinski definition) is 5. The molecule has 0 spiro atoms. The molecule has 0 aliphatic carbocycles. The van der Waals surface area contributed by atoms with Crippen LogP contribution in [0.1, 0.15) is 31.7 Å². The minimum Gasteiger partial charge on any atom is -0.489 e. The number of carbonyl (C=O) groups excluding carboxylic acids is 2. The first kappa shape index (κ1) is 15.3. The van der Waals surface area contributed by atoms with Crippen LogP contribution in [0.25, 0.3) is 0 Å². The van der Waals surface area contributed by atoms with Gasteiger partial charge in [-0.05, 0) is 43.5 Å². The average molecular weight is 314 g/mol. The third-order valence-electron chi connectivity index (χ3n) is 4.50. The first-order valence-corrected chi connectivity index (χ1v) is 7.76. The maximum Gasteiger partial charge on any atom is 0.330 e. The summed E-state index contributed by atoms with van der Waals surface area (Å²) in [6.07, 6.45) is 1.85. The minimum absolute atomic E-state index is 0.0246. The summed E-state index contributed by atoms with van der Waals surface area (Å²) in [7, 11) is 0. The van der Waals surface area contributed by atoms with Crippen molar-refractivity contribution in [2.75, 3.05) is 13.2 Å². The van der Waals surface area contributed by atoms with Crippen molar-refractivity contribution >= 4 is 11.9 Å². The van der Waals surface area contributed by atoms with Gasteiger partial charge in [0.05, 0.1) is 11.6 Å². The fourth-order valence-electron chi connectivity index (χ4n) is 3.06. The Morgan fingerprint density at radius 3 is 2.78 bits per heavy atom. The lowest BCUT2D eigenvalue weighted by Crippen LogP contribution is -2.63. The predicted molar refractivity (Wildman–Crippen MR) is 80.5 cm³/mol. The van der Waals surface area contributed by atoms with E-state index in [4.69, 9.17) is 14.7 Å². The maximum absolute atomic E-state index is 12.8. The number of ether oxygens (including phenoxy) is 2. The zero-order valence-electron chi connectivity index (χ0n) is 12.9. The van der Waals surface area contributed by atoms with E-state index in [9.17, 15) is 9.59 Å². The number of amides is 1. The van der Waals surface area contributed by atoms with Crippen molar-refractivity contribution in [3.63, 3.8) is 0 Å². The minimum atomic E-state index is -1.26. The molecule has 0 bridgehead atoms. The normalized spacial score (nSPS) is 26.4. The van der Waals surface area contributed by atoms with Crippen molar-refractivity contribution in [3.05, 3.63) is 29.8 Å². The van der Waals surface area contributed by atoms with Crippen molar-refractivity contribution < 1.29 is 19.1 Å². The van der Waals surface area contributed by atoms with Crippen LogP contribution in [0.2, 0.25) is 0 Å². The van der Waals surface area contributed by atoms with Gasteiger partial charge in [0.2, 0.25) is 5.60 Å². The molecular formula is C17H18N2O4. The number of carbonyl (C=O) groups is 2. The molecule has 120 valence electrons. The van der Waals surface area contributed by atoms with Gasteiger partial charge < -0.3 is 14.4 Å². The number of benzene rings is 1. The Balaban J connectivity index is 1.76. The van der Waals surface area contributed by atoms with Gasteiger partial charge in [-0.25, -0.2) is 4.79 Å². The third kappa shape index (κ3) is 2.63. The summed E-state index contributed by atoms with van der Waals surface area (Å²) in [4.78, 5) is 26.6. The Hall–Kier alpha value is -2.55. The summed E-state index contributed by atoms with van der Waals surface area (Å²) in [6.45, 7) is 2.38. The molecular weight excluding hydrogens is 296 g/mol. The van der Waals surface area contributed by atoms with Crippen LogP contribution in [0.5, 0.6) is 5.75 Å². The molecule has 0 radical (unpaired) electrons. The van der Waals surface area contributed by atoms with Crippen molar-refractivity contribution in [1.82, 2.24) is 4.90 Å². The van der Waals surface area contributed by atoms with E-state index >= 15 is 0 Å². The lowest BCUT2D eigenvalue weighted by Gasteiger charge is -2.41. The molecule has 6 heteroatoms. The quantitative estimate of drug-likeness (QED) is 0.789. The van der Waals surface area contributed by atoms with Gasteiger partial charge in [0, 0.05) is 6.54 Å². The Morgan fingerprint density at radius 1 is 1.39 bits per heavy atom. The standard InChI is InChI=1S/C17H18N2O4/c1-2-17(11-22-13-7-5-12(10-18)6-8-13)16(21)19-9-3-4-14(19)15(20)23-17/h5-8,14H,2-4,9,11H2,1H3/t14-,17+/m1/s1. The Kier molecular flexibility index (Phi) is 3.95. The second-order valence-electron chi connectivity index (χ2n) is 5.85. The Bertz CT molecular complexity index is 664. The monoisotopic (exact) mass is 314 g/mol. The van der Waals surface area contributed by atoms with Crippen molar-refractivity contribution in [3.8, 4) is 11.8 Å². The number of hydrogen-bond donors (Lipinski definition) is 0. The highest BCUT2D eigenvalue weighted by Gasteiger charge is 2.54. The molecule has 2 aliphatic rings. The van der Waals surface area contributed by atoms with Crippen LogP contribution >= 0.6 is 0 Å². The molecule has 0 aromatic heterocycles. The van der Waals surface area contributed by atoms with Crippen LogP contribution in [-0.2, 0) is 14.3 Å². The molecule has 3 rings (SSSR count). The summed E-state index contributed by atoms with van der Waals surface area (Å²) in [5, 5.41) is 8.79. The van der Waals surface area contributed by atoms with Gasteiger partial charge in [0.1, 0.15) is 18.4 Å². The molecule has 0 N–H and O–H groups in total. The second-order valence-corrected chi connectivity index (χ2v) is 5.85. The van der Waals surface area contributed by atoms with Gasteiger partial charge in [-0.15, -0.1) is 0 Å². The molecule has 1 aromatic carbocycles. The summed E-state index contributed by atoms with van der Waals surface area (Å²) in [6, 6.07) is 8.20. The first-order valence-electron chi connectivity index (χ1n) is 7.76. The van der Waals surface area contributed by atoms with Gasteiger partial charge in [-0.3, -0.25) is 4.79 Å². The Morgan fingerprint density at radius 2 is 2.13 bits per heavy atom. The third-order valence-corrected chi connectivity index (χ3v) is 4.50. The molecule has 23 heavy (non-hydrogen) atoms. The first-order chi connectivity index (χ1) is 11.1. The highest BCUT2D eigenvalue weighted by atomic mass is 16.6. The lowest BCUT2D eigenvalue weighted by molar-refractivity contribution is -0.195. The smallest absolute Gasteiger partial charge is 0.330 e. The molecule has 0 saturated carbocycles. The van der Waals surface area contributed by atoms with Gasteiger partial charge in [-0.1, -0.05) is 6.92 Å². The predicted octanol–water partition coefficient (Wildman–Crippen LogP) is 1.63. The van der Waals surface area contributed by atoms with E-state index in [0.29, 0.717) is 30.7 Å². The molecule has 2 atom stereocenters. The van der Waals surface area contributed by atoms with Crippen LogP contribution in [0, 0.1) is 11.3 Å². The van der Waals surface area contributed by atoms with Gasteiger partial charge >= 0.3 is 5.97 Å². The SMILES string of the molecule is CC[C@@]1(COc2ccc(C#N)cc2)OC(=O)[C@H]2CCCN2C1=O. The highest BCUT2D eigenvalue weighted by Crippen LogP contribution is 2.33. The van der Waals surface area contributed by atoms with Gasteiger partial charge in [0.15, 0.2) is 0 Å². The van der Waals surface area contributed by atoms with Crippen molar-refractivity contribution in [2.45, 2.75) is 37.8 Å². The Labute approximate surface area is 134 Å². The van der Waals surface area contributed by atoms with E-state index in [1.807, 2.05) is 13.0 Å². The summed E-state index contributed by atoms with van der Waals surface area (Å²) >= 11 is 0. The van der Waals surface area contributed by atoms with Crippen molar-refractivity contribution in [1.29, 1.82) is 5.26 Å². The number of morpholine rings is 1. The van der Waals surface area contributed by atoms with Crippen LogP contribution in [0.4, 0.5) is 0 Å². The van der Waals surface area contributed by atoms with E-state index in [1.54, 1.807) is 29.2 Å².